The quantitative estimate of drug-likeness (QED) is 0.794. The molecule has 1 amide bonds. The van der Waals surface area contributed by atoms with Crippen LogP contribution >= 0.6 is 23.2 Å². The Morgan fingerprint density at radius 2 is 1.72 bits per heavy atom. The third-order valence-corrected chi connectivity index (χ3v) is 4.30. The first-order valence-electron chi connectivity index (χ1n) is 7.71. The van der Waals surface area contributed by atoms with Gasteiger partial charge in [0.05, 0.1) is 7.11 Å². The van der Waals surface area contributed by atoms with Gasteiger partial charge in [-0.05, 0) is 43.7 Å². The van der Waals surface area contributed by atoms with Crippen molar-refractivity contribution >= 4 is 35.1 Å². The molecule has 0 fully saturated rings. The van der Waals surface area contributed by atoms with Crippen LogP contribution in [0.1, 0.15) is 27.0 Å². The molecule has 1 atom stereocenters. The summed E-state index contributed by atoms with van der Waals surface area (Å²) in [6.07, 6.45) is 0.208. The van der Waals surface area contributed by atoms with Gasteiger partial charge < -0.3 is 10.1 Å². The topological polar surface area (TPSA) is 55.4 Å². The summed E-state index contributed by atoms with van der Waals surface area (Å²) < 4.78 is 4.81. The van der Waals surface area contributed by atoms with Crippen LogP contribution < -0.4 is 5.32 Å². The van der Waals surface area contributed by atoms with E-state index in [1.54, 1.807) is 30.3 Å². The number of halogens is 2. The van der Waals surface area contributed by atoms with E-state index in [-0.39, 0.29) is 12.3 Å². The Hall–Kier alpha value is -2.04. The Morgan fingerprint density at radius 3 is 2.28 bits per heavy atom. The summed E-state index contributed by atoms with van der Waals surface area (Å²) in [7, 11) is 1.28. The zero-order valence-corrected chi connectivity index (χ0v) is 15.7. The Morgan fingerprint density at radius 1 is 1.08 bits per heavy atom. The molecule has 2 rings (SSSR count). The van der Waals surface area contributed by atoms with E-state index < -0.39 is 12.0 Å². The van der Waals surface area contributed by atoms with Crippen LogP contribution in [0.3, 0.4) is 0 Å². The van der Waals surface area contributed by atoms with Gasteiger partial charge in [-0.3, -0.25) is 4.79 Å². The molecular formula is C19H19Cl2NO3. The average Bonchev–Trinajstić information content (AvgIpc) is 2.54. The van der Waals surface area contributed by atoms with E-state index in [1.165, 1.54) is 7.11 Å². The van der Waals surface area contributed by atoms with Crippen molar-refractivity contribution in [2.24, 2.45) is 0 Å². The average molecular weight is 380 g/mol. The number of benzene rings is 2. The van der Waals surface area contributed by atoms with Crippen LogP contribution in [0.5, 0.6) is 0 Å². The predicted octanol–water partition coefficient (Wildman–Crippen LogP) is 4.12. The van der Waals surface area contributed by atoms with E-state index in [0.717, 1.165) is 11.1 Å². The molecule has 1 N–H and O–H groups in total. The third kappa shape index (κ3) is 5.21. The number of carbonyl (C=O) groups excluding carboxylic acids is 2. The van der Waals surface area contributed by atoms with Gasteiger partial charge in [0.1, 0.15) is 6.04 Å². The smallest absolute Gasteiger partial charge is 0.328 e. The highest BCUT2D eigenvalue weighted by molar-refractivity contribution is 6.35. The molecule has 6 heteroatoms. The molecule has 0 bridgehead atoms. The van der Waals surface area contributed by atoms with Gasteiger partial charge in [-0.15, -0.1) is 0 Å². The van der Waals surface area contributed by atoms with Crippen molar-refractivity contribution in [3.05, 3.63) is 68.7 Å². The molecule has 2 aromatic carbocycles. The maximum absolute atomic E-state index is 12.5. The molecule has 25 heavy (non-hydrogen) atoms. The van der Waals surface area contributed by atoms with Crippen molar-refractivity contribution in [3.63, 3.8) is 0 Å². The first kappa shape index (κ1) is 19.3. The summed E-state index contributed by atoms with van der Waals surface area (Å²) >= 11 is 12.1. The van der Waals surface area contributed by atoms with Gasteiger partial charge in [-0.2, -0.15) is 0 Å². The standard InChI is InChI=1S/C19H19Cl2NO3/c1-11-6-12(2)8-14(7-11)18(23)22-17(19(24)25-3)9-13-4-5-15(20)10-16(13)21/h4-8,10,17H,9H2,1-3H3,(H,22,23)/t17-/m0/s1. The molecule has 0 saturated carbocycles. The fraction of sp³-hybridized carbons (Fsp3) is 0.263. The van der Waals surface area contributed by atoms with Gasteiger partial charge in [-0.1, -0.05) is 46.5 Å². The largest absolute Gasteiger partial charge is 0.467 e. The molecule has 0 saturated heterocycles. The molecule has 4 nitrogen and oxygen atoms in total. The minimum Gasteiger partial charge on any atom is -0.467 e. The van der Waals surface area contributed by atoms with Crippen LogP contribution in [0.2, 0.25) is 10.0 Å². The molecule has 2 aromatic rings. The molecule has 0 aliphatic rings. The van der Waals surface area contributed by atoms with Crippen LogP contribution in [-0.4, -0.2) is 25.0 Å². The monoisotopic (exact) mass is 379 g/mol. The highest BCUT2D eigenvalue weighted by Gasteiger charge is 2.23. The highest BCUT2D eigenvalue weighted by atomic mass is 35.5. The number of methoxy groups -OCH3 is 1. The van der Waals surface area contributed by atoms with E-state index >= 15 is 0 Å². The number of hydrogen-bond donors (Lipinski definition) is 1. The maximum atomic E-state index is 12.5. The molecule has 132 valence electrons. The van der Waals surface area contributed by atoms with Crippen LogP contribution in [0.15, 0.2) is 36.4 Å². The molecule has 0 unspecified atom stereocenters. The number of rotatable bonds is 5. The van der Waals surface area contributed by atoms with Gasteiger partial charge in [0.25, 0.3) is 5.91 Å². The molecule has 0 heterocycles. The number of amides is 1. The zero-order valence-electron chi connectivity index (χ0n) is 14.2. The maximum Gasteiger partial charge on any atom is 0.328 e. The van der Waals surface area contributed by atoms with E-state index in [2.05, 4.69) is 5.32 Å². The number of hydrogen-bond acceptors (Lipinski definition) is 3. The van der Waals surface area contributed by atoms with Crippen molar-refractivity contribution in [1.82, 2.24) is 5.32 Å². The van der Waals surface area contributed by atoms with E-state index in [1.807, 2.05) is 19.9 Å². The molecule has 0 radical (unpaired) electrons. The Kier molecular flexibility index (Phi) is 6.45. The van der Waals surface area contributed by atoms with Crippen molar-refractivity contribution < 1.29 is 14.3 Å². The van der Waals surface area contributed by atoms with Crippen LogP contribution in [0, 0.1) is 13.8 Å². The lowest BCUT2D eigenvalue weighted by Crippen LogP contribution is -2.43. The minimum atomic E-state index is -0.850. The SMILES string of the molecule is COC(=O)[C@H](Cc1ccc(Cl)cc1Cl)NC(=O)c1cc(C)cc(C)c1. The Bertz CT molecular complexity index is 785. The van der Waals surface area contributed by atoms with E-state index in [4.69, 9.17) is 27.9 Å². The zero-order chi connectivity index (χ0) is 18.6. The lowest BCUT2D eigenvalue weighted by molar-refractivity contribution is -0.142. The Labute approximate surface area is 157 Å². The summed E-state index contributed by atoms with van der Waals surface area (Å²) in [6, 6.07) is 9.67. The van der Waals surface area contributed by atoms with Crippen molar-refractivity contribution in [1.29, 1.82) is 0 Å². The number of carbonyl (C=O) groups is 2. The lowest BCUT2D eigenvalue weighted by Gasteiger charge is -2.18. The first-order chi connectivity index (χ1) is 11.8. The minimum absolute atomic E-state index is 0.208. The fourth-order valence-corrected chi connectivity index (χ4v) is 3.08. The van der Waals surface area contributed by atoms with Gasteiger partial charge in [0.2, 0.25) is 0 Å². The molecule has 0 spiro atoms. The van der Waals surface area contributed by atoms with Gasteiger partial charge in [-0.25, -0.2) is 4.79 Å². The van der Waals surface area contributed by atoms with Gasteiger partial charge in [0, 0.05) is 22.0 Å². The second-order valence-corrected chi connectivity index (χ2v) is 6.71. The lowest BCUT2D eigenvalue weighted by atomic mass is 10.0. The van der Waals surface area contributed by atoms with Crippen molar-refractivity contribution in [2.45, 2.75) is 26.3 Å². The van der Waals surface area contributed by atoms with Crippen molar-refractivity contribution in [2.75, 3.05) is 7.11 Å². The predicted molar refractivity (Wildman–Crippen MR) is 99.4 cm³/mol. The summed E-state index contributed by atoms with van der Waals surface area (Å²) in [5, 5.41) is 3.66. The first-order valence-corrected chi connectivity index (χ1v) is 8.46. The summed E-state index contributed by atoms with van der Waals surface area (Å²) in [5.41, 5.74) is 3.14. The molecule has 0 aliphatic heterocycles. The van der Waals surface area contributed by atoms with Crippen LogP contribution in [-0.2, 0) is 16.0 Å². The number of aryl methyl sites for hydroxylation is 2. The Balaban J connectivity index is 2.22. The summed E-state index contributed by atoms with van der Waals surface area (Å²) in [6.45, 7) is 3.82. The second-order valence-electron chi connectivity index (χ2n) is 5.87. The third-order valence-electron chi connectivity index (χ3n) is 3.71. The van der Waals surface area contributed by atoms with Gasteiger partial charge in [0.15, 0.2) is 0 Å². The number of nitrogens with one attached hydrogen (secondary N) is 1. The van der Waals surface area contributed by atoms with Crippen LogP contribution in [0.4, 0.5) is 0 Å². The normalized spacial score (nSPS) is 11.7. The highest BCUT2D eigenvalue weighted by Crippen LogP contribution is 2.22. The van der Waals surface area contributed by atoms with Crippen LogP contribution in [0.25, 0.3) is 0 Å². The van der Waals surface area contributed by atoms with Gasteiger partial charge >= 0.3 is 5.97 Å². The summed E-state index contributed by atoms with van der Waals surface area (Å²) in [5.74, 6) is -0.879. The summed E-state index contributed by atoms with van der Waals surface area (Å²) in [4.78, 5) is 24.6. The fourth-order valence-electron chi connectivity index (χ4n) is 2.59. The second kappa shape index (κ2) is 8.37. The molecular weight excluding hydrogens is 361 g/mol. The van der Waals surface area contributed by atoms with E-state index in [9.17, 15) is 9.59 Å². The number of esters is 1. The molecule has 0 aliphatic carbocycles. The van der Waals surface area contributed by atoms with E-state index in [0.29, 0.717) is 21.2 Å². The number of ether oxygens (including phenoxy) is 1. The van der Waals surface area contributed by atoms with Crippen molar-refractivity contribution in [3.8, 4) is 0 Å². The molecule has 0 aromatic heterocycles.